The highest BCUT2D eigenvalue weighted by atomic mass is 15.1. The topological polar surface area (TPSA) is 3.24 Å². The fraction of sp³-hybridized carbons (Fsp3) is 0.846. The van der Waals surface area contributed by atoms with Crippen LogP contribution in [0.25, 0.3) is 0 Å². The first-order chi connectivity index (χ1) is 19.8. The van der Waals surface area contributed by atoms with E-state index in [0.29, 0.717) is 0 Å². The number of hydrogen-bond donors (Lipinski definition) is 0. The summed E-state index contributed by atoms with van der Waals surface area (Å²) in [6.45, 7) is 9.29. The van der Waals surface area contributed by atoms with Crippen molar-refractivity contribution in [3.63, 3.8) is 0 Å². The zero-order valence-corrected chi connectivity index (χ0v) is 28.0. The molecule has 1 heteroatoms. The lowest BCUT2D eigenvalue weighted by atomic mass is 10.0. The van der Waals surface area contributed by atoms with Crippen LogP contribution in [0.1, 0.15) is 199 Å². The zero-order valence-electron chi connectivity index (χ0n) is 28.0. The van der Waals surface area contributed by atoms with Crippen LogP contribution in [-0.4, -0.2) is 13.1 Å². The second kappa shape index (κ2) is 29.5. The number of benzene rings is 1. The Morgan fingerprint density at radius 2 is 0.600 bits per heavy atom. The van der Waals surface area contributed by atoms with Gasteiger partial charge in [-0.15, -0.1) is 0 Å². The molecule has 40 heavy (non-hydrogen) atoms. The van der Waals surface area contributed by atoms with Crippen LogP contribution < -0.4 is 4.90 Å². The Hall–Kier alpha value is -0.980. The predicted octanol–water partition coefficient (Wildman–Crippen LogP) is 13.8. The number of anilines is 1. The lowest BCUT2D eigenvalue weighted by Crippen LogP contribution is -2.25. The van der Waals surface area contributed by atoms with E-state index in [4.69, 9.17) is 0 Å². The molecule has 1 aromatic rings. The minimum absolute atomic E-state index is 1.24. The number of hydrogen-bond acceptors (Lipinski definition) is 1. The second-order valence-electron chi connectivity index (χ2n) is 13.0. The van der Waals surface area contributed by atoms with E-state index in [9.17, 15) is 0 Å². The van der Waals surface area contributed by atoms with Crippen LogP contribution in [0.2, 0.25) is 0 Å². The van der Waals surface area contributed by atoms with Crippen molar-refractivity contribution in [2.75, 3.05) is 18.0 Å². The number of unbranched alkanes of at least 4 members (excludes halogenated alkanes) is 26. The first-order valence-corrected chi connectivity index (χ1v) is 18.6. The first kappa shape index (κ1) is 37.0. The van der Waals surface area contributed by atoms with Crippen LogP contribution in [0.5, 0.6) is 0 Å². The monoisotopic (exact) mass is 556 g/mol. The molecule has 1 aromatic carbocycles. The maximum Gasteiger partial charge on any atom is 0.0366 e. The van der Waals surface area contributed by atoms with Crippen molar-refractivity contribution < 1.29 is 0 Å². The molecule has 0 aliphatic heterocycles. The number of aryl methyl sites for hydroxylation is 1. The van der Waals surface area contributed by atoms with Gasteiger partial charge in [-0.1, -0.05) is 198 Å². The van der Waals surface area contributed by atoms with Crippen LogP contribution >= 0.6 is 0 Å². The molecule has 234 valence electrons. The molecule has 0 aliphatic carbocycles. The van der Waals surface area contributed by atoms with Crippen molar-refractivity contribution in [1.29, 1.82) is 0 Å². The molecule has 0 amide bonds. The summed E-state index contributed by atoms with van der Waals surface area (Å²) in [6, 6.07) is 9.28. The Morgan fingerprint density at radius 1 is 0.350 bits per heavy atom. The maximum atomic E-state index is 2.68. The van der Waals surface area contributed by atoms with E-state index < -0.39 is 0 Å². The molecule has 1 rings (SSSR count). The molecule has 0 radical (unpaired) electrons. The standard InChI is InChI=1S/C39H73N/c1-4-6-8-10-12-14-16-18-20-22-24-26-28-30-36-40(39-34-32-38(3)33-35-39)37-31-29-27-25-23-21-19-17-15-13-11-9-7-5-2/h32-35H,4-31,36-37H2,1-3H3. The van der Waals surface area contributed by atoms with Crippen molar-refractivity contribution >= 4 is 5.69 Å². The molecule has 0 saturated heterocycles. The third-order valence-corrected chi connectivity index (χ3v) is 8.96. The van der Waals surface area contributed by atoms with Crippen LogP contribution in [0, 0.1) is 6.92 Å². The van der Waals surface area contributed by atoms with Gasteiger partial charge in [-0.2, -0.15) is 0 Å². The summed E-state index contributed by atoms with van der Waals surface area (Å²) in [4.78, 5) is 2.68. The minimum atomic E-state index is 1.24. The molecule has 0 heterocycles. The van der Waals surface area contributed by atoms with E-state index in [1.807, 2.05) is 0 Å². The van der Waals surface area contributed by atoms with Crippen molar-refractivity contribution in [3.8, 4) is 0 Å². The summed E-state index contributed by atoms with van der Waals surface area (Å²) in [5.74, 6) is 0. The third-order valence-electron chi connectivity index (χ3n) is 8.96. The molecule has 0 saturated carbocycles. The quantitative estimate of drug-likeness (QED) is 0.0823. The molecular formula is C39H73N. The highest BCUT2D eigenvalue weighted by Gasteiger charge is 2.06. The molecule has 0 atom stereocenters. The SMILES string of the molecule is CCCCCCCCCCCCCCCCN(CCCCCCCCCCCCCCCC)c1ccc(C)cc1. The van der Waals surface area contributed by atoms with E-state index in [0.717, 1.165) is 0 Å². The van der Waals surface area contributed by atoms with Gasteiger partial charge in [0.1, 0.15) is 0 Å². The fourth-order valence-electron chi connectivity index (χ4n) is 6.12. The Morgan fingerprint density at radius 3 is 0.875 bits per heavy atom. The van der Waals surface area contributed by atoms with E-state index in [1.165, 1.54) is 204 Å². The van der Waals surface area contributed by atoms with Gasteiger partial charge in [-0.25, -0.2) is 0 Å². The Labute approximate surface area is 253 Å². The van der Waals surface area contributed by atoms with Gasteiger partial charge in [0.15, 0.2) is 0 Å². The van der Waals surface area contributed by atoms with Gasteiger partial charge in [0.05, 0.1) is 0 Å². The van der Waals surface area contributed by atoms with Crippen molar-refractivity contribution in [2.24, 2.45) is 0 Å². The second-order valence-corrected chi connectivity index (χ2v) is 13.0. The van der Waals surface area contributed by atoms with Crippen molar-refractivity contribution in [1.82, 2.24) is 0 Å². The van der Waals surface area contributed by atoms with Crippen LogP contribution in [-0.2, 0) is 0 Å². The molecule has 0 fully saturated rings. The summed E-state index contributed by atoms with van der Waals surface area (Å²) in [5.41, 5.74) is 2.81. The van der Waals surface area contributed by atoms with Gasteiger partial charge in [0.25, 0.3) is 0 Å². The molecule has 0 aliphatic rings. The Bertz CT molecular complexity index is 574. The van der Waals surface area contributed by atoms with Gasteiger partial charge in [-0.3, -0.25) is 0 Å². The highest BCUT2D eigenvalue weighted by molar-refractivity contribution is 5.47. The van der Waals surface area contributed by atoms with Gasteiger partial charge in [-0.05, 0) is 31.9 Å². The summed E-state index contributed by atoms with van der Waals surface area (Å²) in [6.07, 6.45) is 40.3. The fourth-order valence-corrected chi connectivity index (χ4v) is 6.12. The molecular weight excluding hydrogens is 482 g/mol. The molecule has 0 unspecified atom stereocenters. The van der Waals surface area contributed by atoms with E-state index in [-0.39, 0.29) is 0 Å². The number of rotatable bonds is 31. The van der Waals surface area contributed by atoms with Crippen molar-refractivity contribution in [2.45, 2.75) is 201 Å². The van der Waals surface area contributed by atoms with E-state index >= 15 is 0 Å². The summed E-state index contributed by atoms with van der Waals surface area (Å²) < 4.78 is 0. The van der Waals surface area contributed by atoms with Gasteiger partial charge in [0.2, 0.25) is 0 Å². The third kappa shape index (κ3) is 23.7. The Balaban J connectivity index is 2.05. The average molecular weight is 556 g/mol. The lowest BCUT2D eigenvalue weighted by Gasteiger charge is -2.25. The van der Waals surface area contributed by atoms with Gasteiger partial charge in [0, 0.05) is 18.8 Å². The summed E-state index contributed by atoms with van der Waals surface area (Å²) in [5, 5.41) is 0. The zero-order chi connectivity index (χ0) is 28.8. The predicted molar refractivity (Wildman–Crippen MR) is 184 cm³/mol. The number of nitrogens with zero attached hydrogens (tertiary/aromatic N) is 1. The Kier molecular flexibility index (Phi) is 27.3. The van der Waals surface area contributed by atoms with Gasteiger partial charge < -0.3 is 4.90 Å². The van der Waals surface area contributed by atoms with Crippen molar-refractivity contribution in [3.05, 3.63) is 29.8 Å². The average Bonchev–Trinajstić information content (AvgIpc) is 2.97. The molecule has 0 spiro atoms. The summed E-state index contributed by atoms with van der Waals surface area (Å²) >= 11 is 0. The normalized spacial score (nSPS) is 11.4. The molecule has 0 bridgehead atoms. The minimum Gasteiger partial charge on any atom is -0.372 e. The summed E-state index contributed by atoms with van der Waals surface area (Å²) in [7, 11) is 0. The van der Waals surface area contributed by atoms with Crippen LogP contribution in [0.15, 0.2) is 24.3 Å². The highest BCUT2D eigenvalue weighted by Crippen LogP contribution is 2.19. The largest absolute Gasteiger partial charge is 0.372 e. The maximum absolute atomic E-state index is 2.68. The first-order valence-electron chi connectivity index (χ1n) is 18.6. The lowest BCUT2D eigenvalue weighted by molar-refractivity contribution is 0.529. The molecule has 1 nitrogen and oxygen atoms in total. The van der Waals surface area contributed by atoms with E-state index in [1.54, 1.807) is 0 Å². The molecule has 0 aromatic heterocycles. The van der Waals surface area contributed by atoms with Crippen LogP contribution in [0.3, 0.4) is 0 Å². The van der Waals surface area contributed by atoms with E-state index in [2.05, 4.69) is 49.9 Å². The van der Waals surface area contributed by atoms with Crippen LogP contribution in [0.4, 0.5) is 5.69 Å². The van der Waals surface area contributed by atoms with Gasteiger partial charge >= 0.3 is 0 Å². The molecule has 0 N–H and O–H groups in total. The smallest absolute Gasteiger partial charge is 0.0366 e.